The zero-order chi connectivity index (χ0) is 17.4. The minimum atomic E-state index is -4.72. The second-order valence-electron chi connectivity index (χ2n) is 6.21. The minimum absolute atomic E-state index is 0. The van der Waals surface area contributed by atoms with Gasteiger partial charge in [0.15, 0.2) is 0 Å². The van der Waals surface area contributed by atoms with E-state index in [2.05, 4.69) is 17.0 Å². The molecule has 2 aliphatic rings. The van der Waals surface area contributed by atoms with Crippen molar-refractivity contribution in [1.29, 1.82) is 0 Å². The number of amides is 1. The third kappa shape index (κ3) is 4.50. The van der Waals surface area contributed by atoms with E-state index < -0.39 is 12.5 Å². The van der Waals surface area contributed by atoms with Crippen LogP contribution in [0.25, 0.3) is 0 Å². The summed E-state index contributed by atoms with van der Waals surface area (Å²) in [4.78, 5) is 13.8. The first-order valence-electron chi connectivity index (χ1n) is 7.44. The number of rotatable bonds is 3. The average molecular weight is 379 g/mol. The van der Waals surface area contributed by atoms with Gasteiger partial charge in [-0.15, -0.1) is 25.6 Å². The molecule has 1 saturated heterocycles. The molecule has 5 nitrogen and oxygen atoms in total. The monoisotopic (exact) mass is 378 g/mol. The molecule has 0 radical (unpaired) electrons. The zero-order valence-electron chi connectivity index (χ0n) is 13.4. The summed E-state index contributed by atoms with van der Waals surface area (Å²) in [5, 5.41) is 3.17. The fourth-order valence-electron chi connectivity index (χ4n) is 2.92. The molecule has 9 heteroatoms. The largest absolute Gasteiger partial charge is 0.573 e. The van der Waals surface area contributed by atoms with E-state index in [1.165, 1.54) is 29.8 Å². The number of carbonyl (C=O) groups excluding carboxylic acids is 1. The summed E-state index contributed by atoms with van der Waals surface area (Å²) in [6.07, 6.45) is -3.21. The van der Waals surface area contributed by atoms with Crippen molar-refractivity contribution >= 4 is 18.5 Å². The highest BCUT2D eigenvalue weighted by atomic mass is 35.5. The van der Waals surface area contributed by atoms with Crippen LogP contribution in [0.3, 0.4) is 0 Å². The Kier molecular flexibility index (Phi) is 5.41. The van der Waals surface area contributed by atoms with Crippen molar-refractivity contribution in [2.75, 3.05) is 19.6 Å². The van der Waals surface area contributed by atoms with E-state index in [1.807, 2.05) is 6.20 Å². The molecule has 1 atom stereocenters. The number of fused-ring (bicyclic) bond motifs is 1. The van der Waals surface area contributed by atoms with E-state index in [9.17, 15) is 18.0 Å². The smallest absolute Gasteiger partial charge is 0.445 e. The lowest BCUT2D eigenvalue weighted by atomic mass is 9.88. The van der Waals surface area contributed by atoms with Gasteiger partial charge in [0.1, 0.15) is 12.4 Å². The summed E-state index contributed by atoms with van der Waals surface area (Å²) in [5.74, 6) is -0.308. The second kappa shape index (κ2) is 7.03. The summed E-state index contributed by atoms with van der Waals surface area (Å²) in [6, 6.07) is 5.24. The molecule has 1 amide bonds. The zero-order valence-corrected chi connectivity index (χ0v) is 14.2. The molecule has 138 valence electrons. The molecule has 0 bridgehead atoms. The molecular weight excluding hydrogens is 361 g/mol. The van der Waals surface area contributed by atoms with Gasteiger partial charge in [0, 0.05) is 25.0 Å². The average Bonchev–Trinajstić information content (AvgIpc) is 2.99. The highest BCUT2D eigenvalue weighted by Crippen LogP contribution is 2.37. The quantitative estimate of drug-likeness (QED) is 0.875. The van der Waals surface area contributed by atoms with Crippen LogP contribution in [0.15, 0.2) is 36.0 Å². The SMILES string of the molecule is CC12CNC=C1CN(C(=O)OCc1ccc(OC(F)(F)F)cc1)C2.Cl. The molecule has 2 aliphatic heterocycles. The van der Waals surface area contributed by atoms with Crippen LogP contribution >= 0.6 is 12.4 Å². The van der Waals surface area contributed by atoms with Gasteiger partial charge in [0.25, 0.3) is 0 Å². The summed E-state index contributed by atoms with van der Waals surface area (Å²) >= 11 is 0. The molecule has 1 fully saturated rings. The molecule has 0 aliphatic carbocycles. The Morgan fingerprint density at radius 3 is 2.60 bits per heavy atom. The predicted molar refractivity (Wildman–Crippen MR) is 86.3 cm³/mol. The summed E-state index contributed by atoms with van der Waals surface area (Å²) in [7, 11) is 0. The van der Waals surface area contributed by atoms with Crippen LogP contribution in [0.1, 0.15) is 12.5 Å². The van der Waals surface area contributed by atoms with Crippen LogP contribution < -0.4 is 10.1 Å². The lowest BCUT2D eigenvalue weighted by molar-refractivity contribution is -0.274. The third-order valence-electron chi connectivity index (χ3n) is 4.22. The molecule has 0 aromatic heterocycles. The summed E-state index contributed by atoms with van der Waals surface area (Å²) < 4.78 is 45.3. The molecule has 1 N–H and O–H groups in total. The molecule has 2 heterocycles. The number of halogens is 4. The van der Waals surface area contributed by atoms with Gasteiger partial charge in [-0.2, -0.15) is 0 Å². The number of nitrogens with one attached hydrogen (secondary N) is 1. The fraction of sp³-hybridized carbons (Fsp3) is 0.438. The van der Waals surface area contributed by atoms with E-state index in [0.29, 0.717) is 18.7 Å². The van der Waals surface area contributed by atoms with Crippen LogP contribution in [-0.4, -0.2) is 37.0 Å². The topological polar surface area (TPSA) is 50.8 Å². The highest BCUT2D eigenvalue weighted by Gasteiger charge is 2.43. The minimum Gasteiger partial charge on any atom is -0.445 e. The van der Waals surface area contributed by atoms with E-state index >= 15 is 0 Å². The van der Waals surface area contributed by atoms with Gasteiger partial charge in [0.2, 0.25) is 0 Å². The number of ether oxygens (including phenoxy) is 2. The Hall–Kier alpha value is -2.09. The Morgan fingerprint density at radius 2 is 2.00 bits per heavy atom. The number of hydrogen-bond donors (Lipinski definition) is 1. The molecule has 1 aromatic carbocycles. The highest BCUT2D eigenvalue weighted by molar-refractivity contribution is 5.85. The Morgan fingerprint density at radius 1 is 1.32 bits per heavy atom. The molecule has 0 saturated carbocycles. The van der Waals surface area contributed by atoms with Gasteiger partial charge in [-0.25, -0.2) is 4.79 Å². The fourth-order valence-corrected chi connectivity index (χ4v) is 2.92. The van der Waals surface area contributed by atoms with Crippen molar-refractivity contribution in [3.05, 3.63) is 41.6 Å². The second-order valence-corrected chi connectivity index (χ2v) is 6.21. The van der Waals surface area contributed by atoms with E-state index in [-0.39, 0.29) is 30.2 Å². The number of carbonyl (C=O) groups is 1. The normalized spacial score (nSPS) is 21.8. The van der Waals surface area contributed by atoms with Gasteiger partial charge < -0.3 is 19.7 Å². The maximum Gasteiger partial charge on any atom is 0.573 e. The molecule has 0 spiro atoms. The third-order valence-corrected chi connectivity index (χ3v) is 4.22. The van der Waals surface area contributed by atoms with Crippen molar-refractivity contribution in [1.82, 2.24) is 10.2 Å². The molecule has 3 rings (SSSR count). The van der Waals surface area contributed by atoms with Crippen molar-refractivity contribution in [2.45, 2.75) is 19.9 Å². The van der Waals surface area contributed by atoms with Crippen molar-refractivity contribution in [3.63, 3.8) is 0 Å². The maximum atomic E-state index is 12.1. The standard InChI is InChI=1S/C16H17F3N2O3.ClH/c1-15-9-20-6-12(15)7-21(10-15)14(22)23-8-11-2-4-13(5-3-11)24-16(17,18)19;/h2-6,20H,7-10H2,1H3;1H. The summed E-state index contributed by atoms with van der Waals surface area (Å²) in [6.45, 7) is 4.00. The predicted octanol–water partition coefficient (Wildman–Crippen LogP) is 3.45. The lowest BCUT2D eigenvalue weighted by Crippen LogP contribution is -2.34. The first-order chi connectivity index (χ1) is 11.3. The number of hydrogen-bond acceptors (Lipinski definition) is 4. The first kappa shape index (κ1) is 19.2. The Balaban J connectivity index is 0.00000225. The Bertz CT molecular complexity index is 664. The molecule has 25 heavy (non-hydrogen) atoms. The molecule has 1 unspecified atom stereocenters. The van der Waals surface area contributed by atoms with Crippen LogP contribution in [0.5, 0.6) is 5.75 Å². The number of likely N-dealkylation sites (tertiary alicyclic amines) is 1. The van der Waals surface area contributed by atoms with Crippen molar-refractivity contribution in [3.8, 4) is 5.75 Å². The van der Waals surface area contributed by atoms with Gasteiger partial charge >= 0.3 is 12.5 Å². The van der Waals surface area contributed by atoms with Gasteiger partial charge in [-0.1, -0.05) is 19.1 Å². The Labute approximate surface area is 149 Å². The number of alkyl halides is 3. The van der Waals surface area contributed by atoms with E-state index in [4.69, 9.17) is 4.74 Å². The van der Waals surface area contributed by atoms with Crippen LogP contribution in [-0.2, 0) is 11.3 Å². The number of nitrogens with zero attached hydrogens (tertiary/aromatic N) is 1. The van der Waals surface area contributed by atoms with E-state index in [0.717, 1.165) is 6.54 Å². The molecule has 1 aromatic rings. The van der Waals surface area contributed by atoms with Gasteiger partial charge in [-0.05, 0) is 29.5 Å². The van der Waals surface area contributed by atoms with E-state index in [1.54, 1.807) is 4.90 Å². The van der Waals surface area contributed by atoms with Gasteiger partial charge in [0.05, 0.1) is 0 Å². The molecular formula is C16H18ClF3N2O3. The lowest BCUT2D eigenvalue weighted by Gasteiger charge is -2.21. The maximum absolute atomic E-state index is 12.1. The first-order valence-corrected chi connectivity index (χ1v) is 7.44. The number of benzene rings is 1. The summed E-state index contributed by atoms with van der Waals surface area (Å²) in [5.41, 5.74) is 1.72. The van der Waals surface area contributed by atoms with Crippen molar-refractivity contribution < 1.29 is 27.4 Å². The van der Waals surface area contributed by atoms with Crippen molar-refractivity contribution in [2.24, 2.45) is 5.41 Å². The van der Waals surface area contributed by atoms with Crippen LogP contribution in [0.4, 0.5) is 18.0 Å². The van der Waals surface area contributed by atoms with Crippen LogP contribution in [0, 0.1) is 5.41 Å². The van der Waals surface area contributed by atoms with Gasteiger partial charge in [-0.3, -0.25) is 0 Å². The van der Waals surface area contributed by atoms with Crippen LogP contribution in [0.2, 0.25) is 0 Å².